The predicted octanol–water partition coefficient (Wildman–Crippen LogP) is 4.67. The molecule has 8 heteroatoms. The molecule has 0 spiro atoms. The molecule has 112 valence electrons. The van der Waals surface area contributed by atoms with Gasteiger partial charge in [0.2, 0.25) is 0 Å². The standard InChI is InChI=1S/C14H9Cl2N3O2S/c1-7-4-2-3-5-8(7)12(20)17-14-19-18-13(21-14)9-6-10(15)22-11(9)16/h2-6H,1H3,(H,17,19,20). The number of carbonyl (C=O) groups excluding carboxylic acids is 1. The van der Waals surface area contributed by atoms with Crippen molar-refractivity contribution in [2.75, 3.05) is 5.32 Å². The third-order valence-electron chi connectivity index (χ3n) is 2.92. The highest BCUT2D eigenvalue weighted by molar-refractivity contribution is 7.20. The first-order valence-electron chi connectivity index (χ1n) is 6.20. The van der Waals surface area contributed by atoms with Crippen molar-refractivity contribution in [1.29, 1.82) is 0 Å². The molecule has 3 aromatic rings. The number of nitrogens with zero attached hydrogens (tertiary/aromatic N) is 2. The second-order valence-corrected chi connectivity index (χ2v) is 6.70. The van der Waals surface area contributed by atoms with Gasteiger partial charge in [0.15, 0.2) is 0 Å². The van der Waals surface area contributed by atoms with Crippen LogP contribution in [0.2, 0.25) is 8.67 Å². The molecule has 0 fully saturated rings. The van der Waals surface area contributed by atoms with Crippen molar-refractivity contribution >= 4 is 46.5 Å². The maximum atomic E-state index is 12.2. The van der Waals surface area contributed by atoms with E-state index in [4.69, 9.17) is 27.6 Å². The van der Waals surface area contributed by atoms with Gasteiger partial charge in [-0.05, 0) is 24.6 Å². The van der Waals surface area contributed by atoms with Gasteiger partial charge < -0.3 is 4.42 Å². The zero-order valence-electron chi connectivity index (χ0n) is 11.3. The largest absolute Gasteiger partial charge is 0.403 e. The molecule has 0 atom stereocenters. The van der Waals surface area contributed by atoms with Gasteiger partial charge in [-0.25, -0.2) is 0 Å². The minimum Gasteiger partial charge on any atom is -0.403 e. The Hall–Kier alpha value is -1.89. The first-order valence-corrected chi connectivity index (χ1v) is 7.77. The van der Waals surface area contributed by atoms with Crippen molar-refractivity contribution in [3.63, 3.8) is 0 Å². The topological polar surface area (TPSA) is 68.0 Å². The van der Waals surface area contributed by atoms with Crippen LogP contribution in [-0.2, 0) is 0 Å². The minimum absolute atomic E-state index is 0.00152. The molecule has 1 aromatic carbocycles. The van der Waals surface area contributed by atoms with Crippen molar-refractivity contribution in [2.45, 2.75) is 6.92 Å². The number of amides is 1. The predicted molar refractivity (Wildman–Crippen MR) is 86.8 cm³/mol. The number of benzene rings is 1. The van der Waals surface area contributed by atoms with E-state index in [-0.39, 0.29) is 17.8 Å². The van der Waals surface area contributed by atoms with Gasteiger partial charge in [0.25, 0.3) is 11.8 Å². The van der Waals surface area contributed by atoms with Crippen LogP contribution in [0.1, 0.15) is 15.9 Å². The lowest BCUT2D eigenvalue weighted by Gasteiger charge is -2.03. The number of hydrogen-bond donors (Lipinski definition) is 1. The number of rotatable bonds is 3. The average molecular weight is 354 g/mol. The average Bonchev–Trinajstić information content (AvgIpc) is 3.05. The molecule has 5 nitrogen and oxygen atoms in total. The van der Waals surface area contributed by atoms with E-state index in [1.807, 2.05) is 19.1 Å². The van der Waals surface area contributed by atoms with Crippen LogP contribution in [0, 0.1) is 6.92 Å². The molecule has 0 bridgehead atoms. The highest BCUT2D eigenvalue weighted by atomic mass is 35.5. The Kier molecular flexibility index (Phi) is 4.15. The highest BCUT2D eigenvalue weighted by Crippen LogP contribution is 2.37. The summed E-state index contributed by atoms with van der Waals surface area (Å²) in [7, 11) is 0. The monoisotopic (exact) mass is 353 g/mol. The summed E-state index contributed by atoms with van der Waals surface area (Å²) >= 11 is 13.1. The van der Waals surface area contributed by atoms with Crippen LogP contribution in [0.5, 0.6) is 0 Å². The molecular weight excluding hydrogens is 345 g/mol. The summed E-state index contributed by atoms with van der Waals surface area (Å²) in [6.07, 6.45) is 0. The Morgan fingerprint density at radius 2 is 2.05 bits per heavy atom. The van der Waals surface area contributed by atoms with Crippen LogP contribution in [0.25, 0.3) is 11.5 Å². The molecule has 1 N–H and O–H groups in total. The molecule has 0 saturated heterocycles. The highest BCUT2D eigenvalue weighted by Gasteiger charge is 2.17. The molecule has 0 unspecified atom stereocenters. The summed E-state index contributed by atoms with van der Waals surface area (Å²) in [4.78, 5) is 12.2. The minimum atomic E-state index is -0.317. The van der Waals surface area contributed by atoms with Crippen LogP contribution >= 0.6 is 34.5 Å². The summed E-state index contributed by atoms with van der Waals surface area (Å²) < 4.78 is 6.37. The van der Waals surface area contributed by atoms with Crippen LogP contribution in [0.3, 0.4) is 0 Å². The SMILES string of the molecule is Cc1ccccc1C(=O)Nc1nnc(-c2cc(Cl)sc2Cl)o1. The van der Waals surface area contributed by atoms with Gasteiger partial charge in [0, 0.05) is 5.56 Å². The fourth-order valence-corrected chi connectivity index (χ4v) is 3.31. The fraction of sp³-hybridized carbons (Fsp3) is 0.0714. The van der Waals surface area contributed by atoms with Gasteiger partial charge in [-0.3, -0.25) is 10.1 Å². The van der Waals surface area contributed by atoms with Crippen molar-refractivity contribution in [2.24, 2.45) is 0 Å². The van der Waals surface area contributed by atoms with E-state index in [0.717, 1.165) is 5.56 Å². The Morgan fingerprint density at radius 1 is 1.27 bits per heavy atom. The number of carbonyl (C=O) groups is 1. The van der Waals surface area contributed by atoms with Gasteiger partial charge in [0.05, 0.1) is 9.90 Å². The second-order valence-electron chi connectivity index (χ2n) is 4.42. The maximum Gasteiger partial charge on any atom is 0.322 e. The molecular formula is C14H9Cl2N3O2S. The van der Waals surface area contributed by atoms with Crippen molar-refractivity contribution in [3.05, 3.63) is 50.1 Å². The second kappa shape index (κ2) is 6.08. The van der Waals surface area contributed by atoms with E-state index in [1.54, 1.807) is 18.2 Å². The summed E-state index contributed by atoms with van der Waals surface area (Å²) in [6.45, 7) is 1.85. The molecule has 0 saturated carbocycles. The Balaban J connectivity index is 1.82. The number of aryl methyl sites for hydroxylation is 1. The lowest BCUT2D eigenvalue weighted by molar-refractivity contribution is 0.102. The fourth-order valence-electron chi connectivity index (χ4n) is 1.86. The van der Waals surface area contributed by atoms with Crippen LogP contribution in [-0.4, -0.2) is 16.1 Å². The molecule has 2 heterocycles. The summed E-state index contributed by atoms with van der Waals surface area (Å²) in [5.74, 6) is -0.115. The third kappa shape index (κ3) is 2.99. The van der Waals surface area contributed by atoms with E-state index in [1.165, 1.54) is 11.3 Å². The number of nitrogens with one attached hydrogen (secondary N) is 1. The maximum absolute atomic E-state index is 12.2. The molecule has 3 rings (SSSR count). The molecule has 0 aliphatic carbocycles. The Bertz CT molecular complexity index is 844. The molecule has 2 aromatic heterocycles. The van der Waals surface area contributed by atoms with E-state index >= 15 is 0 Å². The molecule has 1 amide bonds. The van der Waals surface area contributed by atoms with Gasteiger partial charge in [0.1, 0.15) is 4.34 Å². The van der Waals surface area contributed by atoms with Gasteiger partial charge >= 0.3 is 6.01 Å². The van der Waals surface area contributed by atoms with Crippen LogP contribution < -0.4 is 5.32 Å². The van der Waals surface area contributed by atoms with Gasteiger partial charge in [-0.2, -0.15) is 0 Å². The zero-order valence-corrected chi connectivity index (χ0v) is 13.6. The smallest absolute Gasteiger partial charge is 0.322 e. The Labute approximate surface area is 139 Å². The number of anilines is 1. The lowest BCUT2D eigenvalue weighted by atomic mass is 10.1. The number of thiophene rings is 1. The molecule has 0 aliphatic heterocycles. The normalized spacial score (nSPS) is 10.7. The van der Waals surface area contributed by atoms with Crippen molar-refractivity contribution in [1.82, 2.24) is 10.2 Å². The molecule has 22 heavy (non-hydrogen) atoms. The van der Waals surface area contributed by atoms with Crippen LogP contribution in [0.15, 0.2) is 34.7 Å². The van der Waals surface area contributed by atoms with Crippen molar-refractivity contribution in [3.8, 4) is 11.5 Å². The number of aromatic nitrogens is 2. The van der Waals surface area contributed by atoms with Crippen molar-refractivity contribution < 1.29 is 9.21 Å². The first-order chi connectivity index (χ1) is 10.5. The zero-order chi connectivity index (χ0) is 15.7. The van der Waals surface area contributed by atoms with E-state index < -0.39 is 0 Å². The Morgan fingerprint density at radius 3 is 2.73 bits per heavy atom. The van der Waals surface area contributed by atoms with E-state index in [9.17, 15) is 4.79 Å². The quantitative estimate of drug-likeness (QED) is 0.742. The molecule has 0 aliphatic rings. The van der Waals surface area contributed by atoms with Gasteiger partial charge in [-0.15, -0.1) is 16.4 Å². The van der Waals surface area contributed by atoms with Gasteiger partial charge in [-0.1, -0.05) is 46.5 Å². The van der Waals surface area contributed by atoms with Crippen LogP contribution in [0.4, 0.5) is 6.01 Å². The van der Waals surface area contributed by atoms with E-state index in [0.29, 0.717) is 19.8 Å². The molecule has 0 radical (unpaired) electrons. The van der Waals surface area contributed by atoms with E-state index in [2.05, 4.69) is 15.5 Å². The summed E-state index contributed by atoms with van der Waals surface area (Å²) in [5.41, 5.74) is 1.94. The summed E-state index contributed by atoms with van der Waals surface area (Å²) in [5, 5.41) is 10.2. The third-order valence-corrected chi connectivity index (χ3v) is 4.41. The first kappa shape index (κ1) is 15.0. The lowest BCUT2D eigenvalue weighted by Crippen LogP contribution is -2.13. The number of halogens is 2. The number of hydrogen-bond acceptors (Lipinski definition) is 5. The summed E-state index contributed by atoms with van der Waals surface area (Å²) in [6, 6.07) is 8.85.